The van der Waals surface area contributed by atoms with Gasteiger partial charge in [-0.3, -0.25) is 0 Å². The van der Waals surface area contributed by atoms with E-state index in [4.69, 9.17) is 5.53 Å². The molecule has 0 aliphatic rings. The van der Waals surface area contributed by atoms with Gasteiger partial charge in [0.25, 0.3) is 0 Å². The van der Waals surface area contributed by atoms with Gasteiger partial charge in [0.2, 0.25) is 0 Å². The Morgan fingerprint density at radius 3 is 2.58 bits per heavy atom. The molecule has 0 spiro atoms. The minimum atomic E-state index is 0.0104. The van der Waals surface area contributed by atoms with Gasteiger partial charge in [-0.15, -0.1) is 0 Å². The predicted octanol–water partition coefficient (Wildman–Crippen LogP) is 3.95. The molecule has 0 bridgehead atoms. The summed E-state index contributed by atoms with van der Waals surface area (Å²) in [5.41, 5.74) is 11.2. The van der Waals surface area contributed by atoms with Gasteiger partial charge in [-0.05, 0) is 29.1 Å². The minimum Gasteiger partial charge on any atom is -0.396 e. The van der Waals surface area contributed by atoms with E-state index in [-0.39, 0.29) is 12.5 Å². The molecule has 0 amide bonds. The molecule has 0 heterocycles. The summed E-state index contributed by atoms with van der Waals surface area (Å²) in [6.07, 6.45) is 0.761. The maximum absolute atomic E-state index is 9.56. The molecular weight excluding hydrogens is 238 g/mol. The Balaban J connectivity index is 2.22. The van der Waals surface area contributed by atoms with E-state index in [1.54, 1.807) is 6.07 Å². The molecule has 0 aromatic heterocycles. The molecule has 0 saturated carbocycles. The number of hydrogen-bond acceptors (Lipinski definition) is 2. The summed E-state index contributed by atoms with van der Waals surface area (Å²) < 4.78 is 0. The molecule has 19 heavy (non-hydrogen) atoms. The molecule has 0 aliphatic carbocycles. The molecule has 0 fully saturated rings. The lowest BCUT2D eigenvalue weighted by molar-refractivity contribution is 0.264. The highest BCUT2D eigenvalue weighted by molar-refractivity contribution is 5.41. The normalized spacial score (nSPS) is 11.6. The SMILES string of the molecule is [N-]=[N+]=Nc1cccc(C(CO)Cc2ccccc2)c1. The van der Waals surface area contributed by atoms with Crippen molar-refractivity contribution in [2.45, 2.75) is 12.3 Å². The lowest BCUT2D eigenvalue weighted by atomic mass is 9.92. The molecule has 0 radical (unpaired) electrons. The van der Waals surface area contributed by atoms with E-state index in [0.29, 0.717) is 5.69 Å². The van der Waals surface area contributed by atoms with Crippen LogP contribution in [0.5, 0.6) is 0 Å². The van der Waals surface area contributed by atoms with Crippen molar-refractivity contribution in [1.82, 2.24) is 0 Å². The summed E-state index contributed by atoms with van der Waals surface area (Å²) in [6.45, 7) is 0.0641. The maximum Gasteiger partial charge on any atom is 0.0502 e. The van der Waals surface area contributed by atoms with Gasteiger partial charge in [0, 0.05) is 16.5 Å². The van der Waals surface area contributed by atoms with Crippen molar-refractivity contribution < 1.29 is 5.11 Å². The first-order valence-corrected chi connectivity index (χ1v) is 6.13. The van der Waals surface area contributed by atoms with Crippen LogP contribution in [0.3, 0.4) is 0 Å². The van der Waals surface area contributed by atoms with Crippen LogP contribution in [0.4, 0.5) is 5.69 Å². The molecule has 96 valence electrons. The van der Waals surface area contributed by atoms with E-state index in [1.165, 1.54) is 5.56 Å². The van der Waals surface area contributed by atoms with Gasteiger partial charge < -0.3 is 5.11 Å². The van der Waals surface area contributed by atoms with Crippen LogP contribution in [0, 0.1) is 0 Å². The topological polar surface area (TPSA) is 69.0 Å². The second-order valence-corrected chi connectivity index (χ2v) is 4.35. The summed E-state index contributed by atoms with van der Waals surface area (Å²) >= 11 is 0. The van der Waals surface area contributed by atoms with Crippen molar-refractivity contribution in [2.24, 2.45) is 5.11 Å². The van der Waals surface area contributed by atoms with E-state index in [9.17, 15) is 5.11 Å². The molecule has 2 rings (SSSR count). The first-order chi connectivity index (χ1) is 9.33. The first-order valence-electron chi connectivity index (χ1n) is 6.13. The van der Waals surface area contributed by atoms with E-state index < -0.39 is 0 Å². The van der Waals surface area contributed by atoms with Crippen molar-refractivity contribution in [3.63, 3.8) is 0 Å². The third kappa shape index (κ3) is 3.58. The van der Waals surface area contributed by atoms with Gasteiger partial charge in [0.05, 0.1) is 6.61 Å². The largest absolute Gasteiger partial charge is 0.396 e. The average molecular weight is 253 g/mol. The highest BCUT2D eigenvalue weighted by Gasteiger charge is 2.11. The Morgan fingerprint density at radius 1 is 1.11 bits per heavy atom. The van der Waals surface area contributed by atoms with Crippen LogP contribution in [-0.2, 0) is 6.42 Å². The van der Waals surface area contributed by atoms with Crippen molar-refractivity contribution in [2.75, 3.05) is 6.61 Å². The molecule has 0 aliphatic heterocycles. The highest BCUT2D eigenvalue weighted by atomic mass is 16.3. The van der Waals surface area contributed by atoms with Crippen molar-refractivity contribution in [3.05, 3.63) is 76.2 Å². The Labute approximate surface area is 112 Å². The van der Waals surface area contributed by atoms with Gasteiger partial charge >= 0.3 is 0 Å². The summed E-state index contributed by atoms with van der Waals surface area (Å²) in [4.78, 5) is 2.78. The van der Waals surface area contributed by atoms with Crippen molar-refractivity contribution >= 4 is 5.69 Å². The van der Waals surface area contributed by atoms with Crippen LogP contribution in [0.25, 0.3) is 10.4 Å². The zero-order valence-electron chi connectivity index (χ0n) is 10.5. The third-order valence-electron chi connectivity index (χ3n) is 3.05. The number of benzene rings is 2. The number of aliphatic hydroxyl groups excluding tert-OH is 1. The Hall–Kier alpha value is -2.29. The summed E-state index contributed by atoms with van der Waals surface area (Å²) in [6, 6.07) is 17.4. The molecule has 2 aromatic carbocycles. The second-order valence-electron chi connectivity index (χ2n) is 4.35. The smallest absolute Gasteiger partial charge is 0.0502 e. The summed E-state index contributed by atoms with van der Waals surface area (Å²) in [5, 5.41) is 13.1. The third-order valence-corrected chi connectivity index (χ3v) is 3.05. The van der Waals surface area contributed by atoms with E-state index in [0.717, 1.165) is 12.0 Å². The van der Waals surface area contributed by atoms with Gasteiger partial charge in [0.15, 0.2) is 0 Å². The van der Waals surface area contributed by atoms with Gasteiger partial charge in [-0.2, -0.15) is 0 Å². The maximum atomic E-state index is 9.56. The Morgan fingerprint density at radius 2 is 1.89 bits per heavy atom. The zero-order valence-corrected chi connectivity index (χ0v) is 10.5. The lowest BCUT2D eigenvalue weighted by Crippen LogP contribution is -2.07. The average Bonchev–Trinajstić information content (AvgIpc) is 2.46. The molecule has 2 aromatic rings. The molecule has 1 N–H and O–H groups in total. The number of hydrogen-bond donors (Lipinski definition) is 1. The fourth-order valence-electron chi connectivity index (χ4n) is 2.08. The molecule has 4 nitrogen and oxygen atoms in total. The predicted molar refractivity (Wildman–Crippen MR) is 75.2 cm³/mol. The molecule has 1 unspecified atom stereocenters. The van der Waals surface area contributed by atoms with Gasteiger partial charge in [-0.25, -0.2) is 0 Å². The van der Waals surface area contributed by atoms with Crippen molar-refractivity contribution in [3.8, 4) is 0 Å². The van der Waals surface area contributed by atoms with Crippen LogP contribution >= 0.6 is 0 Å². The van der Waals surface area contributed by atoms with Gasteiger partial charge in [-0.1, -0.05) is 53.6 Å². The lowest BCUT2D eigenvalue weighted by Gasteiger charge is -2.15. The Bertz CT molecular complexity index is 577. The van der Waals surface area contributed by atoms with Crippen LogP contribution in [0.1, 0.15) is 17.0 Å². The number of aliphatic hydroxyl groups is 1. The summed E-state index contributed by atoms with van der Waals surface area (Å²) in [7, 11) is 0. The van der Waals surface area contributed by atoms with Crippen molar-refractivity contribution in [1.29, 1.82) is 0 Å². The monoisotopic (exact) mass is 253 g/mol. The van der Waals surface area contributed by atoms with Crippen LogP contribution in [0.15, 0.2) is 59.7 Å². The second kappa shape index (κ2) is 6.59. The van der Waals surface area contributed by atoms with Gasteiger partial charge in [0.1, 0.15) is 0 Å². The zero-order chi connectivity index (χ0) is 13.5. The quantitative estimate of drug-likeness (QED) is 0.489. The van der Waals surface area contributed by atoms with E-state index in [2.05, 4.69) is 10.0 Å². The van der Waals surface area contributed by atoms with E-state index >= 15 is 0 Å². The van der Waals surface area contributed by atoms with Crippen LogP contribution in [0.2, 0.25) is 0 Å². The fraction of sp³-hybridized carbons (Fsp3) is 0.200. The number of nitrogens with zero attached hydrogens (tertiary/aromatic N) is 3. The highest BCUT2D eigenvalue weighted by Crippen LogP contribution is 2.24. The number of rotatable bonds is 5. The first kappa shape index (κ1) is 13.1. The molecule has 4 heteroatoms. The Kier molecular flexibility index (Phi) is 4.56. The molecule has 1 atom stereocenters. The minimum absolute atomic E-state index is 0.0104. The standard InChI is InChI=1S/C15H15N3O/c16-18-17-15-8-4-7-13(10-15)14(11-19)9-12-5-2-1-3-6-12/h1-8,10,14,19H,9,11H2. The molecular formula is C15H15N3O. The molecule has 0 saturated heterocycles. The van der Waals surface area contributed by atoms with E-state index in [1.807, 2.05) is 48.5 Å². The van der Waals surface area contributed by atoms with Crippen LogP contribution in [-0.4, -0.2) is 11.7 Å². The summed E-state index contributed by atoms with van der Waals surface area (Å²) in [5.74, 6) is 0.0104. The fourth-order valence-corrected chi connectivity index (χ4v) is 2.08. The van der Waals surface area contributed by atoms with Crippen LogP contribution < -0.4 is 0 Å². The number of azide groups is 1.